The number of aromatic nitrogens is 2. The summed E-state index contributed by atoms with van der Waals surface area (Å²) < 4.78 is 45.0. The first-order valence-corrected chi connectivity index (χ1v) is 8.17. The van der Waals surface area contributed by atoms with E-state index in [1.807, 2.05) is 0 Å². The molecule has 1 fully saturated rings. The van der Waals surface area contributed by atoms with E-state index >= 15 is 0 Å². The van der Waals surface area contributed by atoms with Crippen molar-refractivity contribution in [2.45, 2.75) is 19.0 Å². The van der Waals surface area contributed by atoms with Gasteiger partial charge in [-0.25, -0.2) is 4.68 Å². The maximum absolute atomic E-state index is 13.0. The topological polar surface area (TPSA) is 82.2 Å². The number of halogens is 4. The molecule has 1 aromatic heterocycles. The Kier molecular flexibility index (Phi) is 6.50. The highest BCUT2D eigenvalue weighted by molar-refractivity contribution is 5.95. The first-order chi connectivity index (χ1) is 12.4. The summed E-state index contributed by atoms with van der Waals surface area (Å²) in [4.78, 5) is 12.6. The molecule has 3 rings (SSSR count). The van der Waals surface area contributed by atoms with Crippen molar-refractivity contribution in [3.63, 3.8) is 0 Å². The fourth-order valence-electron chi connectivity index (χ4n) is 2.96. The molecular formula is C17H20ClF3N4O2. The van der Waals surface area contributed by atoms with E-state index in [1.54, 1.807) is 12.1 Å². The Bertz CT molecular complexity index is 771. The molecule has 0 saturated carbocycles. The molecule has 1 aromatic carbocycles. The van der Waals surface area contributed by atoms with Crippen LogP contribution >= 0.6 is 12.4 Å². The summed E-state index contributed by atoms with van der Waals surface area (Å²) in [5, 5.41) is 6.51. The van der Waals surface area contributed by atoms with Gasteiger partial charge in [0.15, 0.2) is 0 Å². The van der Waals surface area contributed by atoms with Crippen LogP contribution in [-0.2, 0) is 15.7 Å². The Morgan fingerprint density at radius 3 is 2.41 bits per heavy atom. The van der Waals surface area contributed by atoms with Crippen molar-refractivity contribution >= 4 is 24.0 Å². The quantitative estimate of drug-likeness (QED) is 0.820. The molecule has 1 aliphatic heterocycles. The maximum atomic E-state index is 13.0. The summed E-state index contributed by atoms with van der Waals surface area (Å²) in [7, 11) is 0. The van der Waals surface area contributed by atoms with Gasteiger partial charge < -0.3 is 15.8 Å². The van der Waals surface area contributed by atoms with E-state index in [9.17, 15) is 18.0 Å². The summed E-state index contributed by atoms with van der Waals surface area (Å²) in [5.41, 5.74) is 5.00. The van der Waals surface area contributed by atoms with E-state index < -0.39 is 17.3 Å². The van der Waals surface area contributed by atoms with E-state index in [0.29, 0.717) is 31.7 Å². The number of nitrogens with zero attached hydrogens (tertiary/aromatic N) is 2. The molecule has 0 atom stereocenters. The maximum Gasteiger partial charge on any atom is 0.433 e. The van der Waals surface area contributed by atoms with E-state index in [2.05, 4.69) is 10.4 Å². The lowest BCUT2D eigenvalue weighted by atomic mass is 9.79. The van der Waals surface area contributed by atoms with Crippen LogP contribution in [0.2, 0.25) is 0 Å². The second kappa shape index (κ2) is 8.28. The van der Waals surface area contributed by atoms with Crippen LogP contribution in [0.25, 0.3) is 5.69 Å². The van der Waals surface area contributed by atoms with Crippen molar-refractivity contribution in [3.05, 3.63) is 42.2 Å². The number of amides is 1. The molecule has 10 heteroatoms. The van der Waals surface area contributed by atoms with Gasteiger partial charge in [0, 0.05) is 25.4 Å². The molecule has 27 heavy (non-hydrogen) atoms. The lowest BCUT2D eigenvalue weighted by molar-refractivity contribution is -0.142. The van der Waals surface area contributed by atoms with Crippen molar-refractivity contribution in [1.29, 1.82) is 0 Å². The molecule has 1 aliphatic rings. The van der Waals surface area contributed by atoms with Crippen molar-refractivity contribution in [2.75, 3.05) is 25.1 Å². The average Bonchev–Trinajstić information content (AvgIpc) is 3.13. The highest BCUT2D eigenvalue weighted by atomic mass is 35.5. The highest BCUT2D eigenvalue weighted by Gasteiger charge is 2.39. The molecule has 2 heterocycles. The Labute approximate surface area is 160 Å². The van der Waals surface area contributed by atoms with Gasteiger partial charge in [-0.1, -0.05) is 0 Å². The van der Waals surface area contributed by atoms with Gasteiger partial charge in [0.05, 0.1) is 17.3 Å². The molecule has 148 valence electrons. The number of nitrogens with one attached hydrogen (secondary N) is 1. The zero-order chi connectivity index (χ0) is 18.8. The van der Waals surface area contributed by atoms with Gasteiger partial charge in [0.1, 0.15) is 5.69 Å². The average molecular weight is 405 g/mol. The monoisotopic (exact) mass is 404 g/mol. The minimum atomic E-state index is -4.50. The third kappa shape index (κ3) is 4.42. The van der Waals surface area contributed by atoms with Crippen LogP contribution in [0.4, 0.5) is 18.9 Å². The van der Waals surface area contributed by atoms with Crippen LogP contribution in [0, 0.1) is 5.41 Å². The van der Waals surface area contributed by atoms with Crippen molar-refractivity contribution in [1.82, 2.24) is 9.78 Å². The first kappa shape index (κ1) is 21.2. The van der Waals surface area contributed by atoms with Gasteiger partial charge in [0.25, 0.3) is 0 Å². The van der Waals surface area contributed by atoms with E-state index in [-0.39, 0.29) is 30.5 Å². The number of benzene rings is 1. The van der Waals surface area contributed by atoms with E-state index in [4.69, 9.17) is 10.5 Å². The predicted molar refractivity (Wildman–Crippen MR) is 96.0 cm³/mol. The predicted octanol–water partition coefficient (Wildman–Crippen LogP) is 3.01. The third-order valence-corrected chi connectivity index (χ3v) is 4.63. The second-order valence-electron chi connectivity index (χ2n) is 6.22. The fourth-order valence-corrected chi connectivity index (χ4v) is 2.96. The van der Waals surface area contributed by atoms with E-state index in [1.165, 1.54) is 12.1 Å². The summed E-state index contributed by atoms with van der Waals surface area (Å²) >= 11 is 0. The van der Waals surface area contributed by atoms with E-state index in [0.717, 1.165) is 16.9 Å². The standard InChI is InChI=1S/C17H19F3N4O2.ClH/c18-17(19,20)14-5-8-22-24(14)13-3-1-12(2-4-13)23-15(25)16(11-21)6-9-26-10-7-16;/h1-5,8H,6-7,9-11,21H2,(H,23,25);1H. The van der Waals surface area contributed by atoms with Crippen LogP contribution in [-0.4, -0.2) is 35.4 Å². The fraction of sp³-hybridized carbons (Fsp3) is 0.412. The Hall–Kier alpha value is -2.10. The number of alkyl halides is 3. The molecule has 0 aliphatic carbocycles. The second-order valence-corrected chi connectivity index (χ2v) is 6.22. The van der Waals surface area contributed by atoms with Crippen LogP contribution in [0.15, 0.2) is 36.5 Å². The van der Waals surface area contributed by atoms with Crippen molar-refractivity contribution < 1.29 is 22.7 Å². The van der Waals surface area contributed by atoms with Gasteiger partial charge in [-0.15, -0.1) is 12.4 Å². The minimum Gasteiger partial charge on any atom is -0.381 e. The third-order valence-electron chi connectivity index (χ3n) is 4.63. The Morgan fingerprint density at radius 2 is 1.85 bits per heavy atom. The molecular weight excluding hydrogens is 385 g/mol. The number of hydrogen-bond donors (Lipinski definition) is 2. The number of rotatable bonds is 4. The molecule has 1 amide bonds. The number of carbonyl (C=O) groups is 1. The lowest BCUT2D eigenvalue weighted by Crippen LogP contribution is -2.46. The minimum absolute atomic E-state index is 0. The van der Waals surface area contributed by atoms with Gasteiger partial charge in [-0.3, -0.25) is 4.79 Å². The molecule has 3 N–H and O–H groups in total. The van der Waals surface area contributed by atoms with Crippen LogP contribution in [0.1, 0.15) is 18.5 Å². The summed E-state index contributed by atoms with van der Waals surface area (Å²) in [6.07, 6.45) is -2.33. The smallest absolute Gasteiger partial charge is 0.381 e. The van der Waals surface area contributed by atoms with Crippen LogP contribution in [0.5, 0.6) is 0 Å². The van der Waals surface area contributed by atoms with Crippen molar-refractivity contribution in [2.24, 2.45) is 11.1 Å². The largest absolute Gasteiger partial charge is 0.433 e. The number of anilines is 1. The molecule has 0 spiro atoms. The molecule has 2 aromatic rings. The number of ether oxygens (including phenoxy) is 1. The molecule has 0 bridgehead atoms. The summed E-state index contributed by atoms with van der Waals surface area (Å²) in [5.74, 6) is -0.203. The van der Waals surface area contributed by atoms with Gasteiger partial charge in [-0.05, 0) is 43.2 Å². The SMILES string of the molecule is Cl.NCC1(C(=O)Nc2ccc(-n3nccc3C(F)(F)F)cc2)CCOCC1. The normalized spacial score (nSPS) is 16.4. The highest BCUT2D eigenvalue weighted by Crippen LogP contribution is 2.32. The molecule has 0 unspecified atom stereocenters. The zero-order valence-electron chi connectivity index (χ0n) is 14.3. The molecule has 0 radical (unpaired) electrons. The Balaban J connectivity index is 0.00000261. The van der Waals surface area contributed by atoms with Crippen LogP contribution < -0.4 is 11.1 Å². The van der Waals surface area contributed by atoms with Gasteiger partial charge in [0.2, 0.25) is 5.91 Å². The zero-order valence-corrected chi connectivity index (χ0v) is 15.1. The summed E-state index contributed by atoms with van der Waals surface area (Å²) in [6.45, 7) is 1.16. The lowest BCUT2D eigenvalue weighted by Gasteiger charge is -2.34. The van der Waals surface area contributed by atoms with Crippen LogP contribution in [0.3, 0.4) is 0 Å². The number of carbonyl (C=O) groups excluding carboxylic acids is 1. The van der Waals surface area contributed by atoms with Crippen molar-refractivity contribution in [3.8, 4) is 5.69 Å². The number of hydrogen-bond acceptors (Lipinski definition) is 4. The summed E-state index contributed by atoms with van der Waals surface area (Å²) in [6, 6.07) is 6.93. The number of nitrogens with two attached hydrogens (primary N) is 1. The van der Waals surface area contributed by atoms with Gasteiger partial charge in [-0.2, -0.15) is 18.3 Å². The van der Waals surface area contributed by atoms with Gasteiger partial charge >= 0.3 is 6.18 Å². The molecule has 1 saturated heterocycles. The molecule has 6 nitrogen and oxygen atoms in total. The Morgan fingerprint density at radius 1 is 1.22 bits per heavy atom. The first-order valence-electron chi connectivity index (χ1n) is 8.17.